The number of hydrogen-bond donors (Lipinski definition) is 0. The van der Waals surface area contributed by atoms with Gasteiger partial charge in [0.05, 0.1) is 44.2 Å². The second-order valence-electron chi connectivity index (χ2n) is 6.91. The van der Waals surface area contributed by atoms with Crippen LogP contribution >= 0.6 is 58.8 Å². The number of pyridine rings is 1. The van der Waals surface area contributed by atoms with Crippen molar-refractivity contribution in [2.24, 2.45) is 9.98 Å². The van der Waals surface area contributed by atoms with Gasteiger partial charge in [0.1, 0.15) is 0 Å². The van der Waals surface area contributed by atoms with Gasteiger partial charge in [-0.3, -0.25) is 0 Å². The van der Waals surface area contributed by atoms with Gasteiger partial charge in [0, 0.05) is 27.1 Å². The predicted molar refractivity (Wildman–Crippen MR) is 138 cm³/mol. The first-order chi connectivity index (χ1) is 14.2. The molecule has 0 aliphatic heterocycles. The van der Waals surface area contributed by atoms with E-state index in [1.54, 1.807) is 12.1 Å². The van der Waals surface area contributed by atoms with Gasteiger partial charge >= 0.3 is 0 Å². The largest absolute Gasteiger partial charge is 0.250 e. The summed E-state index contributed by atoms with van der Waals surface area (Å²) in [6.45, 7) is 7.62. The molecule has 3 aromatic rings. The van der Waals surface area contributed by atoms with Gasteiger partial charge in [0.2, 0.25) is 0 Å². The van der Waals surface area contributed by atoms with Crippen LogP contribution in [-0.2, 0) is 17.1 Å². The van der Waals surface area contributed by atoms with Crippen molar-refractivity contribution in [2.75, 3.05) is 0 Å². The molecular formula is C23H20Cl5FeN3. The molecule has 0 aliphatic carbocycles. The summed E-state index contributed by atoms with van der Waals surface area (Å²) in [5, 5.41) is 2.16. The maximum Gasteiger partial charge on any atom is 0.0850 e. The minimum atomic E-state index is 0. The first-order valence-corrected chi connectivity index (χ1v) is 10.7. The fourth-order valence-electron chi connectivity index (χ4n) is 2.96. The van der Waals surface area contributed by atoms with Crippen molar-refractivity contribution in [3.63, 3.8) is 0 Å². The van der Waals surface area contributed by atoms with Crippen LogP contribution in [0.4, 0.5) is 11.4 Å². The summed E-state index contributed by atoms with van der Waals surface area (Å²) in [5.74, 6) is 0. The summed E-state index contributed by atoms with van der Waals surface area (Å²) < 4.78 is 0. The molecule has 0 amide bonds. The number of hydrogen-bond acceptors (Lipinski definition) is 3. The molecule has 0 aliphatic rings. The molecule has 1 aromatic heterocycles. The third-order valence-corrected chi connectivity index (χ3v) is 5.50. The Morgan fingerprint density at radius 2 is 1.09 bits per heavy atom. The maximum absolute atomic E-state index is 6.33. The van der Waals surface area contributed by atoms with Crippen molar-refractivity contribution < 1.29 is 17.1 Å². The van der Waals surface area contributed by atoms with Crippen LogP contribution in [0.15, 0.2) is 52.4 Å². The number of halogens is 5. The summed E-state index contributed by atoms with van der Waals surface area (Å²) in [6, 6.07) is 12.7. The average Bonchev–Trinajstić information content (AvgIpc) is 2.67. The summed E-state index contributed by atoms with van der Waals surface area (Å²) in [6.07, 6.45) is 0. The van der Waals surface area contributed by atoms with Crippen LogP contribution in [0, 0.1) is 13.8 Å². The van der Waals surface area contributed by atoms with E-state index >= 15 is 0 Å². The topological polar surface area (TPSA) is 37.6 Å². The summed E-state index contributed by atoms with van der Waals surface area (Å²) in [5.41, 5.74) is 6.08. The third kappa shape index (κ3) is 6.95. The summed E-state index contributed by atoms with van der Waals surface area (Å²) >= 11 is 24.8. The molecule has 1 heterocycles. The van der Waals surface area contributed by atoms with Crippen molar-refractivity contribution in [3.05, 3.63) is 85.1 Å². The third-order valence-electron chi connectivity index (χ3n) is 4.49. The minimum absolute atomic E-state index is 0. The normalized spacial score (nSPS) is 11.6. The van der Waals surface area contributed by atoms with Gasteiger partial charge < -0.3 is 0 Å². The molecule has 0 unspecified atom stereocenters. The van der Waals surface area contributed by atoms with Crippen LogP contribution in [0.25, 0.3) is 0 Å². The van der Waals surface area contributed by atoms with Gasteiger partial charge in [0.25, 0.3) is 0 Å². The molecule has 0 saturated carbocycles. The van der Waals surface area contributed by atoms with E-state index in [2.05, 4.69) is 9.98 Å². The van der Waals surface area contributed by atoms with Crippen LogP contribution in [-0.4, -0.2) is 16.4 Å². The molecular weight excluding hydrogens is 551 g/mol. The monoisotopic (exact) mass is 569 g/mol. The fraction of sp³-hybridized carbons (Fsp3) is 0.174. The van der Waals surface area contributed by atoms with Gasteiger partial charge in [0.15, 0.2) is 0 Å². The number of aromatic nitrogens is 1. The Hall–Kier alpha value is -1.10. The molecule has 3 nitrogen and oxygen atoms in total. The number of benzene rings is 2. The second-order valence-corrected chi connectivity index (χ2v) is 8.60. The zero-order valence-corrected chi connectivity index (χ0v) is 22.6. The molecule has 0 atom stereocenters. The van der Waals surface area contributed by atoms with Gasteiger partial charge in [-0.1, -0.05) is 52.5 Å². The minimum Gasteiger partial charge on any atom is -0.250 e. The average molecular weight is 572 g/mol. The Kier molecular flexibility index (Phi) is 11.2. The molecule has 0 radical (unpaired) electrons. The fourth-order valence-corrected chi connectivity index (χ4v) is 4.24. The molecule has 0 N–H and O–H groups in total. The van der Waals surface area contributed by atoms with Crippen LogP contribution in [0.3, 0.4) is 0 Å². The standard InChI is InChI=1S/C23H19Cl4N3.ClH.Fe/c1-12-8-16(24)10-18(26)22(12)28-14(3)20-6-5-7-21(30-20)15(4)29-23-13(2)9-17(25)11-19(23)27;;/h5-11H,1-4H3;1H;. The van der Waals surface area contributed by atoms with Crippen LogP contribution in [0.1, 0.15) is 36.4 Å². The van der Waals surface area contributed by atoms with E-state index < -0.39 is 0 Å². The van der Waals surface area contributed by atoms with Crippen molar-refractivity contribution in [2.45, 2.75) is 27.7 Å². The summed E-state index contributed by atoms with van der Waals surface area (Å²) in [4.78, 5) is 14.1. The number of aryl methyl sites for hydroxylation is 2. The van der Waals surface area contributed by atoms with Crippen molar-refractivity contribution in [1.82, 2.24) is 4.98 Å². The quantitative estimate of drug-likeness (QED) is 0.228. The summed E-state index contributed by atoms with van der Waals surface area (Å²) in [7, 11) is 0. The van der Waals surface area contributed by atoms with E-state index in [4.69, 9.17) is 51.4 Å². The van der Waals surface area contributed by atoms with E-state index in [0.717, 1.165) is 33.9 Å². The molecule has 0 bridgehead atoms. The first-order valence-electron chi connectivity index (χ1n) is 9.15. The molecule has 0 saturated heterocycles. The van der Waals surface area contributed by atoms with Gasteiger partial charge in [-0.2, -0.15) is 0 Å². The molecule has 0 fully saturated rings. The van der Waals surface area contributed by atoms with Gasteiger partial charge in [-0.15, -0.1) is 12.4 Å². The number of nitrogens with zero attached hydrogens (tertiary/aromatic N) is 3. The van der Waals surface area contributed by atoms with E-state index in [1.165, 1.54) is 0 Å². The van der Waals surface area contributed by atoms with Crippen molar-refractivity contribution in [3.8, 4) is 0 Å². The molecule has 2 aromatic carbocycles. The van der Waals surface area contributed by atoms with Crippen LogP contribution in [0.5, 0.6) is 0 Å². The van der Waals surface area contributed by atoms with E-state index in [-0.39, 0.29) is 29.5 Å². The predicted octanol–water partition coefficient (Wildman–Crippen LogP) is 9.01. The Balaban J connectivity index is 0.00000256. The zero-order chi connectivity index (χ0) is 22.0. The van der Waals surface area contributed by atoms with E-state index in [0.29, 0.717) is 31.5 Å². The molecule has 32 heavy (non-hydrogen) atoms. The van der Waals surface area contributed by atoms with Crippen LogP contribution in [0.2, 0.25) is 20.1 Å². The Bertz CT molecular complexity index is 1060. The van der Waals surface area contributed by atoms with Gasteiger partial charge in [-0.05, 0) is 75.2 Å². The van der Waals surface area contributed by atoms with E-state index in [9.17, 15) is 0 Å². The van der Waals surface area contributed by atoms with Crippen molar-refractivity contribution in [1.29, 1.82) is 0 Å². The Morgan fingerprint density at radius 3 is 1.44 bits per heavy atom. The van der Waals surface area contributed by atoms with Crippen molar-refractivity contribution >= 4 is 81.6 Å². The zero-order valence-electron chi connectivity index (χ0n) is 17.7. The first kappa shape index (κ1) is 28.9. The molecule has 9 heteroatoms. The molecule has 3 rings (SSSR count). The van der Waals surface area contributed by atoms with E-state index in [1.807, 2.05) is 58.0 Å². The Morgan fingerprint density at radius 1 is 0.719 bits per heavy atom. The van der Waals surface area contributed by atoms with Crippen LogP contribution < -0.4 is 0 Å². The SMILES string of the molecule is CC(=Nc1c(C)cc(Cl)cc1Cl)c1cccc(C(C)=Nc2c(C)cc(Cl)cc2Cl)n1.Cl.[Fe]. The smallest absolute Gasteiger partial charge is 0.0850 e. The Labute approximate surface area is 225 Å². The number of rotatable bonds is 4. The maximum atomic E-state index is 6.33. The molecule has 0 spiro atoms. The second kappa shape index (κ2) is 12.4. The van der Waals surface area contributed by atoms with Gasteiger partial charge in [-0.25, -0.2) is 15.0 Å². The number of aliphatic imine (C=N–C) groups is 2. The molecule has 170 valence electrons.